The molecule has 0 spiro atoms. The van der Waals surface area contributed by atoms with Gasteiger partial charge in [-0.05, 0) is 43.3 Å². The summed E-state index contributed by atoms with van der Waals surface area (Å²) in [4.78, 5) is 48.5. The first kappa shape index (κ1) is 23.6. The maximum Gasteiger partial charge on any atom is 0.344 e. The third-order valence-corrected chi connectivity index (χ3v) is 4.71. The van der Waals surface area contributed by atoms with Crippen LogP contribution >= 0.6 is 0 Å². The zero-order valence-electron chi connectivity index (χ0n) is 18.2. The van der Waals surface area contributed by atoms with Crippen LogP contribution in [0, 0.1) is 0 Å². The molecule has 0 saturated heterocycles. The van der Waals surface area contributed by atoms with Crippen LogP contribution in [0.3, 0.4) is 0 Å². The summed E-state index contributed by atoms with van der Waals surface area (Å²) >= 11 is 0. The van der Waals surface area contributed by atoms with E-state index in [9.17, 15) is 19.2 Å². The molecule has 1 unspecified atom stereocenters. The Labute approximate surface area is 189 Å². The largest absolute Gasteiger partial charge is 0.482 e. The van der Waals surface area contributed by atoms with Gasteiger partial charge in [-0.1, -0.05) is 6.92 Å². The summed E-state index contributed by atoms with van der Waals surface area (Å²) in [5, 5.41) is 5.08. The van der Waals surface area contributed by atoms with Gasteiger partial charge in [-0.2, -0.15) is 0 Å². The van der Waals surface area contributed by atoms with Gasteiger partial charge < -0.3 is 29.3 Å². The fourth-order valence-corrected chi connectivity index (χ4v) is 3.13. The number of nitrogens with one attached hydrogen (secondary N) is 2. The monoisotopic (exact) mass is 456 g/mol. The number of urea groups is 1. The van der Waals surface area contributed by atoms with Crippen LogP contribution in [0.25, 0.3) is 0 Å². The average Bonchev–Trinajstić information content (AvgIpc) is 3.36. The maximum atomic E-state index is 12.6. The Balaban J connectivity index is 1.67. The van der Waals surface area contributed by atoms with Crippen molar-refractivity contribution in [1.82, 2.24) is 10.6 Å². The Hall–Kier alpha value is -4.08. The van der Waals surface area contributed by atoms with Crippen LogP contribution in [0.5, 0.6) is 5.75 Å². The van der Waals surface area contributed by atoms with Gasteiger partial charge in [-0.3, -0.25) is 4.79 Å². The summed E-state index contributed by atoms with van der Waals surface area (Å²) in [5.74, 6) is -0.690. The number of hydrogen-bond donors (Lipinski definition) is 2. The molecule has 2 amide bonds. The lowest BCUT2D eigenvalue weighted by atomic mass is 10.0. The van der Waals surface area contributed by atoms with Crippen LogP contribution in [0.2, 0.25) is 0 Å². The fraction of sp³-hybridized carbons (Fsp3) is 0.304. The van der Waals surface area contributed by atoms with E-state index in [1.54, 1.807) is 50.2 Å². The zero-order chi connectivity index (χ0) is 23.8. The second kappa shape index (κ2) is 11.0. The van der Waals surface area contributed by atoms with E-state index in [0.29, 0.717) is 23.5 Å². The first-order chi connectivity index (χ1) is 15.9. The first-order valence-corrected chi connectivity index (χ1v) is 10.4. The van der Waals surface area contributed by atoms with Crippen LogP contribution in [-0.4, -0.2) is 43.6 Å². The quantitative estimate of drug-likeness (QED) is 0.412. The molecular weight excluding hydrogens is 432 g/mol. The molecule has 2 aromatic rings. The van der Waals surface area contributed by atoms with E-state index < -0.39 is 30.6 Å². The van der Waals surface area contributed by atoms with Crippen LogP contribution in [0.1, 0.15) is 42.4 Å². The highest BCUT2D eigenvalue weighted by atomic mass is 16.6. The lowest BCUT2D eigenvalue weighted by molar-refractivity contribution is -0.145. The minimum Gasteiger partial charge on any atom is -0.482 e. The Kier molecular flexibility index (Phi) is 7.85. The third-order valence-electron chi connectivity index (χ3n) is 4.71. The Morgan fingerprint density at radius 1 is 1.06 bits per heavy atom. The Morgan fingerprint density at radius 2 is 1.82 bits per heavy atom. The molecule has 0 bridgehead atoms. The number of benzene rings is 1. The standard InChI is InChI=1S/C23H24N2O8/c1-3-17(26)14-7-9-15(10-8-14)32-13-19(27)33-12-16-20(22(28)30-4-2)21(25-23(29)24-16)18-6-5-11-31-18/h5-11,21H,3-4,12-13H2,1-2H3,(H2,24,25,29). The smallest absolute Gasteiger partial charge is 0.344 e. The highest BCUT2D eigenvalue weighted by Crippen LogP contribution is 2.28. The number of ketones is 1. The molecule has 10 heteroatoms. The normalized spacial score (nSPS) is 15.3. The number of carbonyl (C=O) groups is 4. The van der Waals surface area contributed by atoms with Crippen molar-refractivity contribution in [3.63, 3.8) is 0 Å². The van der Waals surface area contributed by atoms with Gasteiger partial charge in [0.05, 0.1) is 24.1 Å². The van der Waals surface area contributed by atoms with Gasteiger partial charge in [0.15, 0.2) is 12.4 Å². The molecular formula is C23H24N2O8. The predicted octanol–water partition coefficient (Wildman–Crippen LogP) is 2.67. The number of esters is 2. The minimum atomic E-state index is -0.901. The second-order valence-electron chi connectivity index (χ2n) is 6.91. The highest BCUT2D eigenvalue weighted by Gasteiger charge is 2.35. The van der Waals surface area contributed by atoms with Crippen LogP contribution in [0.15, 0.2) is 58.3 Å². The van der Waals surface area contributed by atoms with Gasteiger partial charge in [0.25, 0.3) is 0 Å². The van der Waals surface area contributed by atoms with Crippen molar-refractivity contribution in [1.29, 1.82) is 0 Å². The van der Waals surface area contributed by atoms with Gasteiger partial charge in [0.1, 0.15) is 24.2 Å². The molecule has 1 aromatic carbocycles. The molecule has 0 fully saturated rings. The first-order valence-electron chi connectivity index (χ1n) is 10.4. The summed E-state index contributed by atoms with van der Waals surface area (Å²) in [6.45, 7) is 2.75. The summed E-state index contributed by atoms with van der Waals surface area (Å²) in [6, 6.07) is 8.12. The number of rotatable bonds is 10. The maximum absolute atomic E-state index is 12.6. The van der Waals surface area contributed by atoms with Gasteiger partial charge in [-0.15, -0.1) is 0 Å². The van der Waals surface area contributed by atoms with Crippen molar-refractivity contribution < 1.29 is 37.8 Å². The van der Waals surface area contributed by atoms with Gasteiger partial charge >= 0.3 is 18.0 Å². The molecule has 2 heterocycles. The van der Waals surface area contributed by atoms with Crippen LogP contribution < -0.4 is 15.4 Å². The molecule has 0 aliphatic carbocycles. The number of ether oxygens (including phenoxy) is 3. The van der Waals surface area contributed by atoms with E-state index in [1.165, 1.54) is 6.26 Å². The summed E-state index contributed by atoms with van der Waals surface area (Å²) in [6.07, 6.45) is 1.80. The van der Waals surface area contributed by atoms with Gasteiger partial charge in [-0.25, -0.2) is 14.4 Å². The van der Waals surface area contributed by atoms with E-state index in [1.807, 2.05) is 0 Å². The van der Waals surface area contributed by atoms with E-state index in [2.05, 4.69) is 10.6 Å². The van der Waals surface area contributed by atoms with E-state index in [-0.39, 0.29) is 30.3 Å². The fourth-order valence-electron chi connectivity index (χ4n) is 3.13. The second-order valence-corrected chi connectivity index (χ2v) is 6.91. The SMILES string of the molecule is CCOC(=O)C1=C(COC(=O)COc2ccc(C(=O)CC)cc2)NC(=O)NC1c1ccco1. The van der Waals surface area contributed by atoms with Crippen molar-refractivity contribution in [2.45, 2.75) is 26.3 Å². The highest BCUT2D eigenvalue weighted by molar-refractivity contribution is 5.96. The zero-order valence-corrected chi connectivity index (χ0v) is 18.2. The topological polar surface area (TPSA) is 133 Å². The predicted molar refractivity (Wildman–Crippen MR) is 114 cm³/mol. The van der Waals surface area contributed by atoms with E-state index >= 15 is 0 Å². The van der Waals surface area contributed by atoms with Crippen LogP contribution in [0.4, 0.5) is 4.79 Å². The van der Waals surface area contributed by atoms with Crippen molar-refractivity contribution in [2.24, 2.45) is 0 Å². The number of carbonyl (C=O) groups excluding carboxylic acids is 4. The lowest BCUT2D eigenvalue weighted by Gasteiger charge is -2.27. The van der Waals surface area contributed by atoms with Crippen molar-refractivity contribution in [2.75, 3.05) is 19.8 Å². The van der Waals surface area contributed by atoms with Gasteiger partial charge in [0.2, 0.25) is 0 Å². The Bertz CT molecular complexity index is 1040. The van der Waals surface area contributed by atoms with Gasteiger partial charge in [0, 0.05) is 12.0 Å². The van der Waals surface area contributed by atoms with Crippen molar-refractivity contribution in [3.05, 3.63) is 65.3 Å². The molecule has 1 atom stereocenters. The molecule has 33 heavy (non-hydrogen) atoms. The summed E-state index contributed by atoms with van der Waals surface area (Å²) < 4.78 is 21.0. The molecule has 3 rings (SSSR count). The number of furan rings is 1. The average molecular weight is 456 g/mol. The third kappa shape index (κ3) is 6.00. The minimum absolute atomic E-state index is 0.00325. The molecule has 0 radical (unpaired) electrons. The molecule has 2 N–H and O–H groups in total. The lowest BCUT2D eigenvalue weighted by Crippen LogP contribution is -2.47. The number of Topliss-reactive ketones (excluding diaryl/α,β-unsaturated/α-hetero) is 1. The molecule has 1 aliphatic rings. The Morgan fingerprint density at radius 3 is 2.45 bits per heavy atom. The van der Waals surface area contributed by atoms with Crippen LogP contribution in [-0.2, 0) is 19.1 Å². The van der Waals surface area contributed by atoms with Crippen molar-refractivity contribution in [3.8, 4) is 5.75 Å². The molecule has 1 aliphatic heterocycles. The molecule has 10 nitrogen and oxygen atoms in total. The summed E-state index contributed by atoms with van der Waals surface area (Å²) in [5.41, 5.74) is 0.698. The number of hydrogen-bond acceptors (Lipinski definition) is 8. The molecule has 174 valence electrons. The number of amides is 2. The van der Waals surface area contributed by atoms with E-state index in [4.69, 9.17) is 18.6 Å². The summed E-state index contributed by atoms with van der Waals surface area (Å²) in [7, 11) is 0. The molecule has 0 saturated carbocycles. The molecule has 1 aromatic heterocycles. The van der Waals surface area contributed by atoms with Crippen molar-refractivity contribution >= 4 is 23.8 Å². The van der Waals surface area contributed by atoms with E-state index in [0.717, 1.165) is 0 Å².